The zero-order valence-electron chi connectivity index (χ0n) is 6.42. The van der Waals surface area contributed by atoms with Gasteiger partial charge in [0.15, 0.2) is 0 Å². The lowest BCUT2D eigenvalue weighted by Gasteiger charge is -2.17. The van der Waals surface area contributed by atoms with Crippen molar-refractivity contribution in [2.45, 2.75) is 32.1 Å². The Morgan fingerprint density at radius 1 is 1.20 bits per heavy atom. The van der Waals surface area contributed by atoms with E-state index in [0.717, 1.165) is 11.7 Å². The van der Waals surface area contributed by atoms with Gasteiger partial charge in [-0.25, -0.2) is 0 Å². The summed E-state index contributed by atoms with van der Waals surface area (Å²) < 4.78 is 0. The summed E-state index contributed by atoms with van der Waals surface area (Å²) in [6.45, 7) is 0. The Kier molecular flexibility index (Phi) is 3.96. The van der Waals surface area contributed by atoms with E-state index in [9.17, 15) is 0 Å². The van der Waals surface area contributed by atoms with E-state index in [-0.39, 0.29) is 0 Å². The molecule has 0 saturated heterocycles. The van der Waals surface area contributed by atoms with Gasteiger partial charge in [0, 0.05) is 5.75 Å². The van der Waals surface area contributed by atoms with E-state index in [1.54, 1.807) is 0 Å². The molecule has 1 rings (SSSR count). The molecule has 0 aromatic carbocycles. The van der Waals surface area contributed by atoms with Gasteiger partial charge in [-0.15, -0.1) is 0 Å². The Labute approximate surface area is 69.1 Å². The SMILES string of the molecule is SCC=CC1CCCCC1. The summed E-state index contributed by atoms with van der Waals surface area (Å²) in [5.74, 6) is 1.78. The van der Waals surface area contributed by atoms with Crippen molar-refractivity contribution in [3.63, 3.8) is 0 Å². The highest BCUT2D eigenvalue weighted by atomic mass is 32.1. The molecule has 0 aliphatic heterocycles. The number of rotatable bonds is 2. The van der Waals surface area contributed by atoms with Gasteiger partial charge in [0.2, 0.25) is 0 Å². The molecule has 0 amide bonds. The summed E-state index contributed by atoms with van der Waals surface area (Å²) in [7, 11) is 0. The highest BCUT2D eigenvalue weighted by Crippen LogP contribution is 2.24. The number of hydrogen-bond acceptors (Lipinski definition) is 1. The van der Waals surface area contributed by atoms with E-state index in [0.29, 0.717) is 0 Å². The van der Waals surface area contributed by atoms with Crippen molar-refractivity contribution >= 4 is 12.6 Å². The Bertz CT molecular complexity index is 101. The fourth-order valence-corrected chi connectivity index (χ4v) is 1.70. The summed E-state index contributed by atoms with van der Waals surface area (Å²) in [6.07, 6.45) is 11.6. The predicted octanol–water partition coefficient (Wildman–Crippen LogP) is 3.05. The van der Waals surface area contributed by atoms with Crippen LogP contribution in [0, 0.1) is 5.92 Å². The molecular formula is C9H16S. The average molecular weight is 156 g/mol. The second-order valence-electron chi connectivity index (χ2n) is 3.01. The summed E-state index contributed by atoms with van der Waals surface area (Å²) in [6, 6.07) is 0. The van der Waals surface area contributed by atoms with Crippen LogP contribution in [0.3, 0.4) is 0 Å². The van der Waals surface area contributed by atoms with Gasteiger partial charge < -0.3 is 0 Å². The van der Waals surface area contributed by atoms with Crippen LogP contribution in [-0.4, -0.2) is 5.75 Å². The highest BCUT2D eigenvalue weighted by Gasteiger charge is 2.08. The smallest absolute Gasteiger partial charge is 0.00826 e. The monoisotopic (exact) mass is 156 g/mol. The largest absolute Gasteiger partial charge is 0.175 e. The lowest BCUT2D eigenvalue weighted by atomic mass is 9.89. The third kappa shape index (κ3) is 2.78. The molecule has 10 heavy (non-hydrogen) atoms. The molecule has 0 radical (unpaired) electrons. The molecular weight excluding hydrogens is 140 g/mol. The van der Waals surface area contributed by atoms with Crippen molar-refractivity contribution in [2.24, 2.45) is 5.92 Å². The summed E-state index contributed by atoms with van der Waals surface area (Å²) in [4.78, 5) is 0. The van der Waals surface area contributed by atoms with Crippen LogP contribution in [0.1, 0.15) is 32.1 Å². The fraction of sp³-hybridized carbons (Fsp3) is 0.778. The van der Waals surface area contributed by atoms with E-state index in [1.807, 2.05) is 0 Å². The van der Waals surface area contributed by atoms with Gasteiger partial charge in [0.25, 0.3) is 0 Å². The topological polar surface area (TPSA) is 0 Å². The first-order chi connectivity index (χ1) is 4.93. The Morgan fingerprint density at radius 3 is 2.50 bits per heavy atom. The van der Waals surface area contributed by atoms with E-state index < -0.39 is 0 Å². The first-order valence-electron chi connectivity index (χ1n) is 4.21. The minimum absolute atomic E-state index is 0.876. The van der Waals surface area contributed by atoms with Crippen molar-refractivity contribution in [1.29, 1.82) is 0 Å². The van der Waals surface area contributed by atoms with E-state index in [4.69, 9.17) is 0 Å². The van der Waals surface area contributed by atoms with Gasteiger partial charge in [0.05, 0.1) is 0 Å². The maximum atomic E-state index is 4.13. The van der Waals surface area contributed by atoms with Crippen LogP contribution in [0.15, 0.2) is 12.2 Å². The number of thiol groups is 1. The van der Waals surface area contributed by atoms with Gasteiger partial charge in [-0.2, -0.15) is 12.6 Å². The van der Waals surface area contributed by atoms with Gasteiger partial charge in [-0.1, -0.05) is 31.4 Å². The molecule has 0 aromatic heterocycles. The second kappa shape index (κ2) is 4.84. The average Bonchev–Trinajstić information content (AvgIpc) is 2.03. The third-order valence-electron chi connectivity index (χ3n) is 2.16. The van der Waals surface area contributed by atoms with Crippen molar-refractivity contribution in [2.75, 3.05) is 5.75 Å². The molecule has 1 aliphatic carbocycles. The minimum Gasteiger partial charge on any atom is -0.175 e. The quantitative estimate of drug-likeness (QED) is 0.461. The predicted molar refractivity (Wildman–Crippen MR) is 49.6 cm³/mol. The third-order valence-corrected chi connectivity index (χ3v) is 2.37. The van der Waals surface area contributed by atoms with Crippen LogP contribution >= 0.6 is 12.6 Å². The van der Waals surface area contributed by atoms with Gasteiger partial charge in [-0.3, -0.25) is 0 Å². The van der Waals surface area contributed by atoms with Crippen molar-refractivity contribution in [1.82, 2.24) is 0 Å². The zero-order valence-corrected chi connectivity index (χ0v) is 7.32. The molecule has 1 aliphatic rings. The van der Waals surface area contributed by atoms with Crippen molar-refractivity contribution in [3.8, 4) is 0 Å². The summed E-state index contributed by atoms with van der Waals surface area (Å²) >= 11 is 4.13. The van der Waals surface area contributed by atoms with E-state index in [2.05, 4.69) is 24.8 Å². The van der Waals surface area contributed by atoms with Gasteiger partial charge in [0.1, 0.15) is 0 Å². The molecule has 1 saturated carbocycles. The van der Waals surface area contributed by atoms with Gasteiger partial charge >= 0.3 is 0 Å². The highest BCUT2D eigenvalue weighted by molar-refractivity contribution is 7.80. The molecule has 0 aromatic rings. The molecule has 0 nitrogen and oxygen atoms in total. The Morgan fingerprint density at radius 2 is 1.90 bits per heavy atom. The standard InChI is InChI=1S/C9H16S/c10-8-4-7-9-5-2-1-3-6-9/h4,7,9-10H,1-3,5-6,8H2. The maximum absolute atomic E-state index is 4.13. The number of hydrogen-bond donors (Lipinski definition) is 1. The lowest BCUT2D eigenvalue weighted by molar-refractivity contribution is 0.419. The van der Waals surface area contributed by atoms with Crippen molar-refractivity contribution < 1.29 is 0 Å². The fourth-order valence-electron chi connectivity index (χ4n) is 1.58. The first kappa shape index (κ1) is 8.19. The molecule has 1 fully saturated rings. The molecule has 0 spiro atoms. The first-order valence-corrected chi connectivity index (χ1v) is 4.84. The maximum Gasteiger partial charge on any atom is 0.00826 e. The van der Waals surface area contributed by atoms with Crippen LogP contribution < -0.4 is 0 Å². The van der Waals surface area contributed by atoms with Crippen LogP contribution in [0.2, 0.25) is 0 Å². The zero-order chi connectivity index (χ0) is 7.23. The van der Waals surface area contributed by atoms with E-state index in [1.165, 1.54) is 32.1 Å². The van der Waals surface area contributed by atoms with E-state index >= 15 is 0 Å². The van der Waals surface area contributed by atoms with Crippen LogP contribution in [0.4, 0.5) is 0 Å². The normalized spacial score (nSPS) is 22.1. The van der Waals surface area contributed by atoms with Crippen LogP contribution in [0.5, 0.6) is 0 Å². The molecule has 0 unspecified atom stereocenters. The molecule has 1 heteroatoms. The second-order valence-corrected chi connectivity index (χ2v) is 3.37. The van der Waals surface area contributed by atoms with Crippen molar-refractivity contribution in [3.05, 3.63) is 12.2 Å². The summed E-state index contributed by atoms with van der Waals surface area (Å²) in [5, 5.41) is 0. The number of allylic oxidation sites excluding steroid dienone is 1. The van der Waals surface area contributed by atoms with Crippen LogP contribution in [-0.2, 0) is 0 Å². The molecule has 0 N–H and O–H groups in total. The Balaban J connectivity index is 2.19. The lowest BCUT2D eigenvalue weighted by Crippen LogP contribution is -2.02. The molecule has 0 atom stereocenters. The van der Waals surface area contributed by atoms with Crippen LogP contribution in [0.25, 0.3) is 0 Å². The van der Waals surface area contributed by atoms with Gasteiger partial charge in [-0.05, 0) is 18.8 Å². The molecule has 0 bridgehead atoms. The Hall–Kier alpha value is 0.0900. The minimum atomic E-state index is 0.876. The molecule has 58 valence electrons. The molecule has 0 heterocycles. The summed E-state index contributed by atoms with van der Waals surface area (Å²) in [5.41, 5.74) is 0.